The number of aromatic nitrogens is 3. The number of nitrogen functional groups attached to an aromatic ring is 1. The minimum absolute atomic E-state index is 0.00925. The number of nitrogens with one attached hydrogen (secondary N) is 2. The van der Waals surface area contributed by atoms with E-state index in [0.717, 1.165) is 0 Å². The SMILES string of the molecule is Cc1nc(SCCS(=O)(=O)c2ccc(C(=N)N)cc2)n[nH]1. The molecule has 112 valence electrons. The van der Waals surface area contributed by atoms with Gasteiger partial charge < -0.3 is 5.73 Å². The summed E-state index contributed by atoms with van der Waals surface area (Å²) in [5, 5.41) is 14.4. The van der Waals surface area contributed by atoms with Gasteiger partial charge in [0.2, 0.25) is 5.16 Å². The van der Waals surface area contributed by atoms with E-state index in [1.165, 1.54) is 36.0 Å². The monoisotopic (exact) mass is 325 g/mol. The van der Waals surface area contributed by atoms with Crippen molar-refractivity contribution in [2.75, 3.05) is 11.5 Å². The largest absolute Gasteiger partial charge is 0.384 e. The summed E-state index contributed by atoms with van der Waals surface area (Å²) in [7, 11) is -3.36. The average molecular weight is 325 g/mol. The summed E-state index contributed by atoms with van der Waals surface area (Å²) in [5.41, 5.74) is 5.83. The van der Waals surface area contributed by atoms with Gasteiger partial charge >= 0.3 is 0 Å². The van der Waals surface area contributed by atoms with E-state index in [0.29, 0.717) is 22.3 Å². The number of hydrogen-bond donors (Lipinski definition) is 3. The van der Waals surface area contributed by atoms with Gasteiger partial charge in [-0.25, -0.2) is 13.4 Å². The number of aryl methyl sites for hydroxylation is 1. The lowest BCUT2D eigenvalue weighted by Gasteiger charge is -2.04. The van der Waals surface area contributed by atoms with Crippen LogP contribution < -0.4 is 5.73 Å². The number of thioether (sulfide) groups is 1. The fraction of sp³-hybridized carbons (Fsp3) is 0.250. The zero-order chi connectivity index (χ0) is 15.5. The second kappa shape index (κ2) is 6.27. The van der Waals surface area contributed by atoms with Crippen LogP contribution in [0.25, 0.3) is 0 Å². The molecule has 0 aliphatic carbocycles. The van der Waals surface area contributed by atoms with Crippen LogP contribution in [-0.2, 0) is 9.84 Å². The summed E-state index contributed by atoms with van der Waals surface area (Å²) in [6, 6.07) is 5.99. The molecule has 0 saturated carbocycles. The molecule has 1 aromatic heterocycles. The Morgan fingerprint density at radius 3 is 2.57 bits per heavy atom. The smallest absolute Gasteiger partial charge is 0.208 e. The van der Waals surface area contributed by atoms with E-state index in [1.807, 2.05) is 0 Å². The van der Waals surface area contributed by atoms with Crippen molar-refractivity contribution in [1.82, 2.24) is 15.2 Å². The standard InChI is InChI=1S/C12H15N5O2S2/c1-8-15-12(17-16-8)20-6-7-21(18,19)10-4-2-9(3-5-10)11(13)14/h2-5H,6-7H2,1H3,(H3,13,14)(H,15,16,17). The molecule has 0 atom stereocenters. The lowest BCUT2D eigenvalue weighted by Crippen LogP contribution is -2.12. The molecule has 4 N–H and O–H groups in total. The van der Waals surface area contributed by atoms with Gasteiger partial charge in [0.05, 0.1) is 10.6 Å². The second-order valence-corrected chi connectivity index (χ2v) is 7.48. The third-order valence-electron chi connectivity index (χ3n) is 2.68. The Hall–Kier alpha value is -1.87. The number of nitrogens with zero attached hydrogens (tertiary/aromatic N) is 2. The predicted molar refractivity (Wildman–Crippen MR) is 81.4 cm³/mol. The molecular weight excluding hydrogens is 310 g/mol. The zero-order valence-electron chi connectivity index (χ0n) is 11.3. The number of nitrogens with two attached hydrogens (primary N) is 1. The predicted octanol–water partition coefficient (Wildman–Crippen LogP) is 0.963. The van der Waals surface area contributed by atoms with Crippen molar-refractivity contribution in [1.29, 1.82) is 5.41 Å². The van der Waals surface area contributed by atoms with Crippen LogP contribution in [0.5, 0.6) is 0 Å². The first kappa shape index (κ1) is 15.5. The maximum absolute atomic E-state index is 12.2. The molecule has 0 radical (unpaired) electrons. The molecule has 0 unspecified atom stereocenters. The molecule has 21 heavy (non-hydrogen) atoms. The molecule has 0 aliphatic rings. The number of hydrogen-bond acceptors (Lipinski definition) is 6. The molecular formula is C12H15N5O2S2. The fourth-order valence-electron chi connectivity index (χ4n) is 1.59. The number of amidine groups is 1. The number of benzene rings is 1. The van der Waals surface area contributed by atoms with E-state index in [2.05, 4.69) is 15.2 Å². The maximum atomic E-state index is 12.2. The van der Waals surface area contributed by atoms with Gasteiger partial charge in [0.15, 0.2) is 9.84 Å². The van der Waals surface area contributed by atoms with Gasteiger partial charge in [-0.05, 0) is 19.1 Å². The highest BCUT2D eigenvalue weighted by Gasteiger charge is 2.15. The highest BCUT2D eigenvalue weighted by Crippen LogP contribution is 2.17. The van der Waals surface area contributed by atoms with Crippen LogP contribution in [0.1, 0.15) is 11.4 Å². The first-order valence-electron chi connectivity index (χ1n) is 6.07. The van der Waals surface area contributed by atoms with Gasteiger partial charge in [-0.3, -0.25) is 10.5 Å². The van der Waals surface area contributed by atoms with Crippen molar-refractivity contribution in [3.8, 4) is 0 Å². The van der Waals surface area contributed by atoms with E-state index in [9.17, 15) is 8.42 Å². The minimum Gasteiger partial charge on any atom is -0.384 e. The lowest BCUT2D eigenvalue weighted by atomic mass is 10.2. The maximum Gasteiger partial charge on any atom is 0.208 e. The van der Waals surface area contributed by atoms with E-state index in [-0.39, 0.29) is 16.5 Å². The van der Waals surface area contributed by atoms with E-state index < -0.39 is 9.84 Å². The minimum atomic E-state index is -3.36. The van der Waals surface area contributed by atoms with Gasteiger partial charge in [0.25, 0.3) is 0 Å². The molecule has 7 nitrogen and oxygen atoms in total. The van der Waals surface area contributed by atoms with Crippen molar-refractivity contribution in [3.05, 3.63) is 35.7 Å². The Bertz CT molecular complexity index is 737. The first-order valence-corrected chi connectivity index (χ1v) is 8.71. The first-order chi connectivity index (χ1) is 9.88. The van der Waals surface area contributed by atoms with E-state index >= 15 is 0 Å². The molecule has 1 aromatic carbocycles. The van der Waals surface area contributed by atoms with Crippen molar-refractivity contribution in [2.45, 2.75) is 17.0 Å². The van der Waals surface area contributed by atoms with Crippen LogP contribution in [0.15, 0.2) is 34.3 Å². The summed E-state index contributed by atoms with van der Waals surface area (Å²) in [6.07, 6.45) is 0. The van der Waals surface area contributed by atoms with Gasteiger partial charge in [0.1, 0.15) is 11.7 Å². The van der Waals surface area contributed by atoms with Gasteiger partial charge in [-0.2, -0.15) is 0 Å². The van der Waals surface area contributed by atoms with Crippen LogP contribution in [0.2, 0.25) is 0 Å². The molecule has 2 rings (SSSR count). The summed E-state index contributed by atoms with van der Waals surface area (Å²) >= 11 is 1.28. The van der Waals surface area contributed by atoms with Crippen LogP contribution >= 0.6 is 11.8 Å². The van der Waals surface area contributed by atoms with Crippen molar-refractivity contribution >= 4 is 27.4 Å². The quantitative estimate of drug-likeness (QED) is 0.413. The molecule has 0 fully saturated rings. The number of H-pyrrole nitrogens is 1. The van der Waals surface area contributed by atoms with Gasteiger partial charge in [0, 0.05) is 11.3 Å². The number of sulfone groups is 1. The van der Waals surface area contributed by atoms with Crippen LogP contribution in [0.4, 0.5) is 0 Å². The Morgan fingerprint density at radius 1 is 1.38 bits per heavy atom. The molecule has 0 spiro atoms. The average Bonchev–Trinajstić information content (AvgIpc) is 2.84. The molecule has 0 amide bonds. The summed E-state index contributed by atoms with van der Waals surface area (Å²) in [5.74, 6) is 0.966. The molecule has 9 heteroatoms. The van der Waals surface area contributed by atoms with E-state index in [4.69, 9.17) is 11.1 Å². The zero-order valence-corrected chi connectivity index (χ0v) is 13.0. The van der Waals surface area contributed by atoms with Crippen molar-refractivity contribution < 1.29 is 8.42 Å². The van der Waals surface area contributed by atoms with E-state index in [1.54, 1.807) is 6.92 Å². The Kier molecular flexibility index (Phi) is 4.63. The lowest BCUT2D eigenvalue weighted by molar-refractivity contribution is 0.597. The van der Waals surface area contributed by atoms with Gasteiger partial charge in [-0.1, -0.05) is 23.9 Å². The number of rotatable bonds is 6. The van der Waals surface area contributed by atoms with Crippen LogP contribution in [-0.4, -0.2) is 40.9 Å². The number of aromatic amines is 1. The van der Waals surface area contributed by atoms with Crippen LogP contribution in [0.3, 0.4) is 0 Å². The normalized spacial score (nSPS) is 11.5. The molecule has 0 bridgehead atoms. The van der Waals surface area contributed by atoms with Crippen LogP contribution in [0, 0.1) is 12.3 Å². The van der Waals surface area contributed by atoms with Gasteiger partial charge in [-0.15, -0.1) is 5.10 Å². The highest BCUT2D eigenvalue weighted by molar-refractivity contribution is 8.00. The third-order valence-corrected chi connectivity index (χ3v) is 5.52. The molecule has 1 heterocycles. The second-order valence-electron chi connectivity index (χ2n) is 4.31. The molecule has 0 saturated heterocycles. The third kappa shape index (κ3) is 4.05. The Balaban J connectivity index is 1.99. The summed E-state index contributed by atoms with van der Waals surface area (Å²) in [4.78, 5) is 4.32. The Labute approximate surface area is 126 Å². The summed E-state index contributed by atoms with van der Waals surface area (Å²) < 4.78 is 24.3. The van der Waals surface area contributed by atoms with Crippen molar-refractivity contribution in [2.24, 2.45) is 5.73 Å². The Morgan fingerprint density at radius 2 is 2.05 bits per heavy atom. The molecule has 0 aliphatic heterocycles. The molecule has 2 aromatic rings. The summed E-state index contributed by atoms with van der Waals surface area (Å²) in [6.45, 7) is 1.78. The highest BCUT2D eigenvalue weighted by atomic mass is 32.2. The van der Waals surface area contributed by atoms with Crippen molar-refractivity contribution in [3.63, 3.8) is 0 Å². The topological polar surface area (TPSA) is 126 Å². The fourth-order valence-corrected chi connectivity index (χ4v) is 4.08.